The van der Waals surface area contributed by atoms with E-state index in [1.54, 1.807) is 0 Å². The van der Waals surface area contributed by atoms with Crippen LogP contribution in [0.25, 0.3) is 0 Å². The van der Waals surface area contributed by atoms with Gasteiger partial charge in [0.1, 0.15) is 0 Å². The van der Waals surface area contributed by atoms with E-state index in [9.17, 15) is 0 Å². The van der Waals surface area contributed by atoms with Crippen molar-refractivity contribution in [3.8, 4) is 0 Å². The van der Waals surface area contributed by atoms with E-state index >= 15 is 0 Å². The largest absolute Gasteiger partial charge is 0.0840 e. The molecule has 0 heterocycles. The van der Waals surface area contributed by atoms with Crippen LogP contribution < -0.4 is 0 Å². The second kappa shape index (κ2) is 1.97. The molecule has 0 aromatic carbocycles. The lowest BCUT2D eigenvalue weighted by molar-refractivity contribution is 0.737. The topological polar surface area (TPSA) is 0 Å². The van der Waals surface area contributed by atoms with Gasteiger partial charge in [0.2, 0.25) is 0 Å². The van der Waals surface area contributed by atoms with Gasteiger partial charge in [-0.05, 0) is 12.3 Å². The molecule has 1 aliphatic rings. The van der Waals surface area contributed by atoms with Crippen molar-refractivity contribution in [2.75, 3.05) is 0 Å². The highest BCUT2D eigenvalue weighted by Crippen LogP contribution is 2.08. The summed E-state index contributed by atoms with van der Waals surface area (Å²) in [5.74, 6) is 0.769. The summed E-state index contributed by atoms with van der Waals surface area (Å²) in [4.78, 5) is 0. The van der Waals surface area contributed by atoms with Crippen molar-refractivity contribution in [1.82, 2.24) is 0 Å². The van der Waals surface area contributed by atoms with Gasteiger partial charge in [0.05, 0.1) is 0 Å². The first-order valence-electron chi connectivity index (χ1n) is 2.73. The quantitative estimate of drug-likeness (QED) is 0.431. The lowest BCUT2D eigenvalue weighted by Gasteiger charge is -2.02. The van der Waals surface area contributed by atoms with E-state index in [1.807, 2.05) is 0 Å². The number of hydrogen-bond donors (Lipinski definition) is 0. The average Bonchev–Trinajstić information content (AvgIpc) is 1.69. The molecule has 1 rings (SSSR count). The molecule has 38 valence electrons. The van der Waals surface area contributed by atoms with Crippen molar-refractivity contribution in [3.05, 3.63) is 24.3 Å². The molecule has 0 saturated carbocycles. The Hall–Kier alpha value is -0.520. The standard InChI is InChI=1S/C7H10/c1-7-5-3-2-4-6-7/h2-5,7H,6H2,1H3. The molecular weight excluding hydrogens is 84.1 g/mol. The van der Waals surface area contributed by atoms with Crippen molar-refractivity contribution in [3.63, 3.8) is 0 Å². The predicted molar refractivity (Wildman–Crippen MR) is 32.1 cm³/mol. The van der Waals surface area contributed by atoms with Crippen LogP contribution in [0.5, 0.6) is 0 Å². The van der Waals surface area contributed by atoms with Crippen LogP contribution in [0.4, 0.5) is 0 Å². The van der Waals surface area contributed by atoms with Crippen LogP contribution >= 0.6 is 0 Å². The van der Waals surface area contributed by atoms with Gasteiger partial charge in [-0.15, -0.1) is 0 Å². The second-order valence-electron chi connectivity index (χ2n) is 2.03. The summed E-state index contributed by atoms with van der Waals surface area (Å²) in [6.45, 7) is 2.22. The SMILES string of the molecule is CC1C=CC=CC1. The molecule has 0 fully saturated rings. The summed E-state index contributed by atoms with van der Waals surface area (Å²) in [7, 11) is 0. The van der Waals surface area contributed by atoms with Crippen LogP contribution in [-0.2, 0) is 0 Å². The van der Waals surface area contributed by atoms with E-state index in [2.05, 4.69) is 31.2 Å². The average molecular weight is 94.2 g/mol. The van der Waals surface area contributed by atoms with E-state index in [-0.39, 0.29) is 0 Å². The summed E-state index contributed by atoms with van der Waals surface area (Å²) in [5, 5.41) is 0. The molecule has 0 radical (unpaired) electrons. The predicted octanol–water partition coefficient (Wildman–Crippen LogP) is 2.14. The number of hydrogen-bond acceptors (Lipinski definition) is 0. The lowest BCUT2D eigenvalue weighted by Crippen LogP contribution is -1.87. The summed E-state index contributed by atoms with van der Waals surface area (Å²) < 4.78 is 0. The Kier molecular flexibility index (Phi) is 1.30. The maximum absolute atomic E-state index is 2.22. The zero-order valence-electron chi connectivity index (χ0n) is 4.59. The number of allylic oxidation sites excluding steroid dienone is 4. The Morgan fingerprint density at radius 2 is 2.29 bits per heavy atom. The van der Waals surface area contributed by atoms with Gasteiger partial charge in [-0.2, -0.15) is 0 Å². The number of rotatable bonds is 0. The van der Waals surface area contributed by atoms with Crippen molar-refractivity contribution in [1.29, 1.82) is 0 Å². The zero-order valence-corrected chi connectivity index (χ0v) is 4.59. The molecule has 0 aromatic heterocycles. The van der Waals surface area contributed by atoms with Crippen molar-refractivity contribution in [2.24, 2.45) is 5.92 Å². The molecule has 0 nitrogen and oxygen atoms in total. The zero-order chi connectivity index (χ0) is 5.11. The minimum atomic E-state index is 0.769. The maximum atomic E-state index is 2.22. The highest BCUT2D eigenvalue weighted by molar-refractivity contribution is 5.09. The van der Waals surface area contributed by atoms with E-state index in [0.717, 1.165) is 5.92 Å². The lowest BCUT2D eigenvalue weighted by atomic mass is 10.0. The van der Waals surface area contributed by atoms with Gasteiger partial charge in [0.15, 0.2) is 0 Å². The third kappa shape index (κ3) is 1.19. The van der Waals surface area contributed by atoms with Crippen LogP contribution in [0.2, 0.25) is 0 Å². The smallest absolute Gasteiger partial charge is 0.0224 e. The minimum absolute atomic E-state index is 0.769. The molecular formula is C7H10. The monoisotopic (exact) mass is 94.1 g/mol. The maximum Gasteiger partial charge on any atom is -0.0224 e. The highest BCUT2D eigenvalue weighted by Gasteiger charge is 1.93. The van der Waals surface area contributed by atoms with Gasteiger partial charge >= 0.3 is 0 Å². The molecule has 0 aliphatic heterocycles. The molecule has 0 heteroatoms. The Labute approximate surface area is 44.5 Å². The van der Waals surface area contributed by atoms with E-state index in [0.29, 0.717) is 0 Å². The Balaban J connectivity index is 2.49. The summed E-state index contributed by atoms with van der Waals surface area (Å²) in [6.07, 6.45) is 9.84. The van der Waals surface area contributed by atoms with Gasteiger partial charge in [-0.3, -0.25) is 0 Å². The van der Waals surface area contributed by atoms with Crippen molar-refractivity contribution >= 4 is 0 Å². The first kappa shape index (κ1) is 4.63. The van der Waals surface area contributed by atoms with Crippen molar-refractivity contribution < 1.29 is 0 Å². The Bertz CT molecular complexity index is 98.6. The van der Waals surface area contributed by atoms with Crippen LogP contribution in [0.15, 0.2) is 24.3 Å². The fourth-order valence-electron chi connectivity index (χ4n) is 0.704. The third-order valence-electron chi connectivity index (χ3n) is 1.19. The summed E-state index contributed by atoms with van der Waals surface area (Å²) in [5.41, 5.74) is 0. The molecule has 7 heavy (non-hydrogen) atoms. The van der Waals surface area contributed by atoms with Gasteiger partial charge in [0.25, 0.3) is 0 Å². The molecule has 1 aliphatic carbocycles. The minimum Gasteiger partial charge on any atom is -0.0840 e. The van der Waals surface area contributed by atoms with Gasteiger partial charge in [0, 0.05) is 0 Å². The molecule has 0 bridgehead atoms. The van der Waals surface area contributed by atoms with Gasteiger partial charge < -0.3 is 0 Å². The van der Waals surface area contributed by atoms with E-state index in [1.165, 1.54) is 6.42 Å². The summed E-state index contributed by atoms with van der Waals surface area (Å²) in [6, 6.07) is 0. The molecule has 1 unspecified atom stereocenters. The van der Waals surface area contributed by atoms with Crippen molar-refractivity contribution in [2.45, 2.75) is 13.3 Å². The molecule has 1 atom stereocenters. The van der Waals surface area contributed by atoms with Gasteiger partial charge in [-0.25, -0.2) is 0 Å². The van der Waals surface area contributed by atoms with E-state index in [4.69, 9.17) is 0 Å². The first-order chi connectivity index (χ1) is 3.39. The third-order valence-corrected chi connectivity index (χ3v) is 1.19. The fraction of sp³-hybridized carbons (Fsp3) is 0.429. The van der Waals surface area contributed by atoms with Crippen LogP contribution in [-0.4, -0.2) is 0 Å². The van der Waals surface area contributed by atoms with Crippen LogP contribution in [0, 0.1) is 5.92 Å². The Morgan fingerprint density at radius 1 is 1.43 bits per heavy atom. The molecule has 0 saturated heterocycles. The van der Waals surface area contributed by atoms with Crippen LogP contribution in [0.1, 0.15) is 13.3 Å². The normalized spacial score (nSPS) is 28.4. The first-order valence-corrected chi connectivity index (χ1v) is 2.73. The molecule has 0 aromatic rings. The van der Waals surface area contributed by atoms with E-state index < -0.39 is 0 Å². The van der Waals surface area contributed by atoms with Gasteiger partial charge in [-0.1, -0.05) is 31.2 Å². The fourth-order valence-corrected chi connectivity index (χ4v) is 0.704. The molecule has 0 amide bonds. The Morgan fingerprint density at radius 3 is 2.57 bits per heavy atom. The molecule has 0 N–H and O–H groups in total. The highest BCUT2D eigenvalue weighted by atomic mass is 14.0. The molecule has 0 spiro atoms. The summed E-state index contributed by atoms with van der Waals surface area (Å²) >= 11 is 0. The van der Waals surface area contributed by atoms with Crippen LogP contribution in [0.3, 0.4) is 0 Å². The second-order valence-corrected chi connectivity index (χ2v) is 2.03.